The molecule has 2 amide bonds. The van der Waals surface area contributed by atoms with Crippen LogP contribution in [0.1, 0.15) is 22.8 Å². The van der Waals surface area contributed by atoms with Crippen molar-refractivity contribution in [3.05, 3.63) is 29.3 Å². The molecule has 0 spiro atoms. The first-order valence-corrected chi connectivity index (χ1v) is 6.10. The average Bonchev–Trinajstić information content (AvgIpc) is 2.36. The molecule has 0 heterocycles. The van der Waals surface area contributed by atoms with Crippen LogP contribution >= 0.6 is 0 Å². The second kappa shape index (κ2) is 6.47. The van der Waals surface area contributed by atoms with Gasteiger partial charge in [-0.15, -0.1) is 0 Å². The molecule has 0 bridgehead atoms. The smallest absolute Gasteiger partial charge is 0.406 e. The maximum absolute atomic E-state index is 12.3. The fraction of sp³-hybridized carbons (Fsp3) is 0.385. The number of benzene rings is 1. The minimum absolute atomic E-state index is 0.0353. The van der Waals surface area contributed by atoms with Gasteiger partial charge in [0.25, 0.3) is 0 Å². The molecule has 0 aliphatic carbocycles. The van der Waals surface area contributed by atoms with Gasteiger partial charge in [0, 0.05) is 12.2 Å². The minimum Gasteiger partial charge on any atom is -0.478 e. The number of hydrogen-bond donors (Lipinski definition) is 2. The van der Waals surface area contributed by atoms with Gasteiger partial charge in [-0.05, 0) is 37.6 Å². The number of aryl methyl sites for hydroxylation is 1. The number of alkyl halides is 3. The van der Waals surface area contributed by atoms with Gasteiger partial charge in [0.2, 0.25) is 0 Å². The summed E-state index contributed by atoms with van der Waals surface area (Å²) in [4.78, 5) is 23.2. The number of nitrogens with zero attached hydrogens (tertiary/aromatic N) is 1. The molecule has 0 unspecified atom stereocenters. The summed E-state index contributed by atoms with van der Waals surface area (Å²) < 4.78 is 37.0. The lowest BCUT2D eigenvalue weighted by molar-refractivity contribution is -0.139. The molecule has 0 saturated heterocycles. The number of halogens is 3. The molecule has 1 aromatic carbocycles. The van der Waals surface area contributed by atoms with Gasteiger partial charge in [-0.3, -0.25) is 0 Å². The molecule has 2 N–H and O–H groups in total. The highest BCUT2D eigenvalue weighted by Crippen LogP contribution is 2.19. The Morgan fingerprint density at radius 2 is 1.95 bits per heavy atom. The molecule has 0 aliphatic heterocycles. The molecule has 116 valence electrons. The number of carboxylic acids is 1. The Labute approximate surface area is 119 Å². The van der Waals surface area contributed by atoms with Crippen LogP contribution in [-0.4, -0.2) is 41.3 Å². The maximum Gasteiger partial charge on any atom is 0.406 e. The lowest BCUT2D eigenvalue weighted by atomic mass is 10.1. The first-order valence-electron chi connectivity index (χ1n) is 6.10. The Morgan fingerprint density at radius 1 is 1.33 bits per heavy atom. The second-order valence-electron chi connectivity index (χ2n) is 4.39. The van der Waals surface area contributed by atoms with Crippen molar-refractivity contribution in [2.75, 3.05) is 18.4 Å². The van der Waals surface area contributed by atoms with E-state index in [1.54, 1.807) is 6.92 Å². The third-order valence-electron chi connectivity index (χ3n) is 2.75. The summed E-state index contributed by atoms with van der Waals surface area (Å²) in [5.41, 5.74) is 0.755. The molecular formula is C13H15F3N2O3. The van der Waals surface area contributed by atoms with E-state index < -0.39 is 24.7 Å². The Balaban J connectivity index is 2.84. The van der Waals surface area contributed by atoms with Crippen LogP contribution in [0.15, 0.2) is 18.2 Å². The average molecular weight is 304 g/mol. The van der Waals surface area contributed by atoms with Gasteiger partial charge in [0.15, 0.2) is 0 Å². The fourth-order valence-corrected chi connectivity index (χ4v) is 1.67. The zero-order valence-corrected chi connectivity index (χ0v) is 11.5. The second-order valence-corrected chi connectivity index (χ2v) is 4.39. The molecule has 0 saturated carbocycles. The molecule has 0 fully saturated rings. The monoisotopic (exact) mass is 304 g/mol. The molecule has 1 aromatic rings. The van der Waals surface area contributed by atoms with Crippen molar-refractivity contribution in [1.82, 2.24) is 4.90 Å². The number of urea groups is 1. The number of amides is 2. The predicted octanol–water partition coefficient (Wildman–Crippen LogP) is 3.11. The summed E-state index contributed by atoms with van der Waals surface area (Å²) in [7, 11) is 0. The molecule has 1 rings (SSSR count). The van der Waals surface area contributed by atoms with Gasteiger partial charge < -0.3 is 15.3 Å². The maximum atomic E-state index is 12.3. The molecule has 0 aromatic heterocycles. The Hall–Kier alpha value is -2.25. The van der Waals surface area contributed by atoms with Crippen molar-refractivity contribution in [2.45, 2.75) is 20.0 Å². The molecular weight excluding hydrogens is 289 g/mol. The highest BCUT2D eigenvalue weighted by molar-refractivity contribution is 5.92. The lowest BCUT2D eigenvalue weighted by Gasteiger charge is -2.23. The number of hydrogen-bond acceptors (Lipinski definition) is 2. The third kappa shape index (κ3) is 4.97. The van der Waals surface area contributed by atoms with Gasteiger partial charge in [-0.25, -0.2) is 9.59 Å². The summed E-state index contributed by atoms with van der Waals surface area (Å²) >= 11 is 0. The summed E-state index contributed by atoms with van der Waals surface area (Å²) in [6, 6.07) is 3.06. The topological polar surface area (TPSA) is 69.6 Å². The van der Waals surface area contributed by atoms with E-state index in [9.17, 15) is 22.8 Å². The first-order chi connectivity index (χ1) is 9.64. The zero-order valence-electron chi connectivity index (χ0n) is 11.5. The van der Waals surface area contributed by atoms with E-state index in [2.05, 4.69) is 5.32 Å². The normalized spacial score (nSPS) is 11.1. The van der Waals surface area contributed by atoms with Gasteiger partial charge in [0.1, 0.15) is 6.54 Å². The Kier molecular flexibility index (Phi) is 5.17. The van der Waals surface area contributed by atoms with Crippen LogP contribution in [0, 0.1) is 6.92 Å². The van der Waals surface area contributed by atoms with Gasteiger partial charge in [-0.2, -0.15) is 13.2 Å². The van der Waals surface area contributed by atoms with E-state index >= 15 is 0 Å². The van der Waals surface area contributed by atoms with Crippen molar-refractivity contribution >= 4 is 17.7 Å². The molecule has 0 aliphatic rings. The first kappa shape index (κ1) is 16.8. The number of rotatable bonds is 4. The number of carbonyl (C=O) groups excluding carboxylic acids is 1. The van der Waals surface area contributed by atoms with Gasteiger partial charge in [-0.1, -0.05) is 0 Å². The highest BCUT2D eigenvalue weighted by Gasteiger charge is 2.32. The Bertz CT molecular complexity index is 544. The van der Waals surface area contributed by atoms with E-state index in [-0.39, 0.29) is 17.8 Å². The van der Waals surface area contributed by atoms with Crippen LogP contribution in [0.2, 0.25) is 0 Å². The number of carbonyl (C=O) groups is 2. The third-order valence-corrected chi connectivity index (χ3v) is 2.75. The highest BCUT2D eigenvalue weighted by atomic mass is 19.4. The van der Waals surface area contributed by atoms with Crippen molar-refractivity contribution in [3.63, 3.8) is 0 Å². The molecule has 0 atom stereocenters. The SMILES string of the molecule is CCN(CC(F)(F)F)C(=O)Nc1ccc(C(=O)O)cc1C. The quantitative estimate of drug-likeness (QED) is 0.898. The summed E-state index contributed by atoms with van der Waals surface area (Å²) in [6.45, 7) is 1.55. The van der Waals surface area contributed by atoms with E-state index in [1.807, 2.05) is 0 Å². The number of aromatic carboxylic acids is 1. The van der Waals surface area contributed by atoms with Crippen LogP contribution in [0.4, 0.5) is 23.7 Å². The van der Waals surface area contributed by atoms with Crippen LogP contribution in [0.25, 0.3) is 0 Å². The standard InChI is InChI=1S/C13H15F3N2O3/c1-3-18(7-13(14,15)16)12(21)17-10-5-4-9(11(19)20)6-8(10)2/h4-6H,3,7H2,1-2H3,(H,17,21)(H,19,20). The van der Waals surface area contributed by atoms with Gasteiger partial charge >= 0.3 is 18.2 Å². The van der Waals surface area contributed by atoms with E-state index in [0.717, 1.165) is 0 Å². The van der Waals surface area contributed by atoms with Crippen molar-refractivity contribution in [1.29, 1.82) is 0 Å². The number of anilines is 1. The zero-order chi connectivity index (χ0) is 16.2. The Morgan fingerprint density at radius 3 is 2.38 bits per heavy atom. The van der Waals surface area contributed by atoms with Crippen molar-refractivity contribution < 1.29 is 27.9 Å². The van der Waals surface area contributed by atoms with E-state index in [4.69, 9.17) is 5.11 Å². The number of carboxylic acid groups (broad SMARTS) is 1. The summed E-state index contributed by atoms with van der Waals surface area (Å²) in [5, 5.41) is 11.2. The number of nitrogens with one attached hydrogen (secondary N) is 1. The lowest BCUT2D eigenvalue weighted by Crippen LogP contribution is -2.41. The minimum atomic E-state index is -4.48. The van der Waals surface area contributed by atoms with Crippen LogP contribution in [0.3, 0.4) is 0 Å². The summed E-state index contributed by atoms with van der Waals surface area (Å²) in [6.07, 6.45) is -4.48. The van der Waals surface area contributed by atoms with Crippen LogP contribution in [-0.2, 0) is 0 Å². The van der Waals surface area contributed by atoms with E-state index in [0.29, 0.717) is 10.5 Å². The van der Waals surface area contributed by atoms with E-state index in [1.165, 1.54) is 25.1 Å². The molecule has 21 heavy (non-hydrogen) atoms. The molecule has 8 heteroatoms. The fourth-order valence-electron chi connectivity index (χ4n) is 1.67. The largest absolute Gasteiger partial charge is 0.478 e. The van der Waals surface area contributed by atoms with Crippen LogP contribution < -0.4 is 5.32 Å². The summed E-state index contributed by atoms with van der Waals surface area (Å²) in [5.74, 6) is -1.12. The van der Waals surface area contributed by atoms with Crippen LogP contribution in [0.5, 0.6) is 0 Å². The van der Waals surface area contributed by atoms with Crippen molar-refractivity contribution in [2.24, 2.45) is 0 Å². The van der Waals surface area contributed by atoms with Crippen molar-refractivity contribution in [3.8, 4) is 0 Å². The van der Waals surface area contributed by atoms with Gasteiger partial charge in [0.05, 0.1) is 5.56 Å². The molecule has 0 radical (unpaired) electrons. The predicted molar refractivity (Wildman–Crippen MR) is 70.5 cm³/mol. The molecule has 5 nitrogen and oxygen atoms in total.